The van der Waals surface area contributed by atoms with Gasteiger partial charge in [-0.15, -0.1) is 0 Å². The first-order chi connectivity index (χ1) is 6.79. The minimum atomic E-state index is -0.195. The summed E-state index contributed by atoms with van der Waals surface area (Å²) in [6, 6.07) is 0. The fourth-order valence-electron chi connectivity index (χ4n) is 1.50. The van der Waals surface area contributed by atoms with E-state index in [1.54, 1.807) is 0 Å². The first-order valence-corrected chi connectivity index (χ1v) is 4.45. The van der Waals surface area contributed by atoms with Gasteiger partial charge < -0.3 is 20.4 Å². The summed E-state index contributed by atoms with van der Waals surface area (Å²) in [5.41, 5.74) is 5.90. The minimum Gasteiger partial charge on any atom is -0.382 e. The number of hydrogen-bond acceptors (Lipinski definition) is 5. The van der Waals surface area contributed by atoms with Gasteiger partial charge >= 0.3 is 0 Å². The summed E-state index contributed by atoms with van der Waals surface area (Å²) < 4.78 is 5.19. The molecule has 1 saturated heterocycles. The van der Waals surface area contributed by atoms with Crippen molar-refractivity contribution in [2.45, 2.75) is 0 Å². The van der Waals surface area contributed by atoms with E-state index in [1.165, 1.54) is 6.33 Å². The van der Waals surface area contributed by atoms with Crippen LogP contribution in [0.25, 0.3) is 0 Å². The van der Waals surface area contributed by atoms with E-state index in [2.05, 4.69) is 9.97 Å². The molecule has 0 saturated carbocycles. The number of nitrogens with zero attached hydrogens (tertiary/aromatic N) is 2. The molecule has 0 unspecified atom stereocenters. The van der Waals surface area contributed by atoms with Gasteiger partial charge in [0, 0.05) is 13.1 Å². The fourth-order valence-corrected chi connectivity index (χ4v) is 1.50. The number of nitrogens with one attached hydrogen (secondary N) is 1. The van der Waals surface area contributed by atoms with Crippen molar-refractivity contribution in [1.82, 2.24) is 9.97 Å². The van der Waals surface area contributed by atoms with Crippen LogP contribution in [0, 0.1) is 0 Å². The van der Waals surface area contributed by atoms with Crippen LogP contribution >= 0.6 is 0 Å². The first-order valence-electron chi connectivity index (χ1n) is 4.45. The number of morpholine rings is 1. The topological polar surface area (TPSA) is 84.2 Å². The van der Waals surface area contributed by atoms with Crippen LogP contribution in [-0.4, -0.2) is 36.3 Å². The highest BCUT2D eigenvalue weighted by Crippen LogP contribution is 2.15. The lowest BCUT2D eigenvalue weighted by molar-refractivity contribution is 0.122. The van der Waals surface area contributed by atoms with Gasteiger partial charge in [0.05, 0.1) is 19.5 Å². The summed E-state index contributed by atoms with van der Waals surface area (Å²) in [6.45, 7) is 2.60. The summed E-state index contributed by atoms with van der Waals surface area (Å²) in [5.74, 6) is 0.274. The Morgan fingerprint density at radius 1 is 1.50 bits per heavy atom. The fraction of sp³-hybridized carbons (Fsp3) is 0.500. The zero-order valence-electron chi connectivity index (χ0n) is 7.69. The van der Waals surface area contributed by atoms with E-state index < -0.39 is 0 Å². The third-order valence-electron chi connectivity index (χ3n) is 2.18. The third kappa shape index (κ3) is 1.56. The van der Waals surface area contributed by atoms with Gasteiger partial charge in [-0.05, 0) is 0 Å². The molecule has 1 aliphatic heterocycles. The number of ether oxygens (including phenoxy) is 1. The molecule has 2 heterocycles. The van der Waals surface area contributed by atoms with Gasteiger partial charge in [0.15, 0.2) is 5.82 Å². The summed E-state index contributed by atoms with van der Waals surface area (Å²) >= 11 is 0. The number of nitrogen functional groups attached to an aromatic ring is 1. The molecule has 1 aliphatic rings. The van der Waals surface area contributed by atoms with Crippen LogP contribution in [-0.2, 0) is 4.74 Å². The highest BCUT2D eigenvalue weighted by Gasteiger charge is 2.17. The van der Waals surface area contributed by atoms with Gasteiger partial charge in [0.1, 0.15) is 5.69 Å². The summed E-state index contributed by atoms with van der Waals surface area (Å²) in [4.78, 5) is 19.7. The van der Waals surface area contributed by atoms with Crippen molar-refractivity contribution in [2.75, 3.05) is 36.9 Å². The Morgan fingerprint density at radius 2 is 2.21 bits per heavy atom. The molecule has 6 heteroatoms. The van der Waals surface area contributed by atoms with Crippen molar-refractivity contribution < 1.29 is 4.74 Å². The molecule has 1 aromatic rings. The molecule has 0 aliphatic carbocycles. The molecule has 1 aromatic heterocycles. The van der Waals surface area contributed by atoms with Crippen molar-refractivity contribution in [3.63, 3.8) is 0 Å². The summed E-state index contributed by atoms with van der Waals surface area (Å²) in [7, 11) is 0. The maximum absolute atomic E-state index is 11.5. The van der Waals surface area contributed by atoms with Crippen molar-refractivity contribution in [3.05, 3.63) is 16.7 Å². The molecule has 0 radical (unpaired) electrons. The summed E-state index contributed by atoms with van der Waals surface area (Å²) in [5, 5.41) is 0. The molecular weight excluding hydrogens is 184 g/mol. The molecule has 0 spiro atoms. The number of rotatable bonds is 1. The van der Waals surface area contributed by atoms with Crippen LogP contribution in [0.15, 0.2) is 11.1 Å². The predicted molar refractivity (Wildman–Crippen MR) is 52.3 cm³/mol. The van der Waals surface area contributed by atoms with Crippen LogP contribution < -0.4 is 16.2 Å². The smallest absolute Gasteiger partial charge is 0.276 e. The number of aromatic amines is 1. The molecule has 0 amide bonds. The number of aromatic nitrogens is 2. The van der Waals surface area contributed by atoms with Crippen LogP contribution in [0.2, 0.25) is 0 Å². The maximum Gasteiger partial charge on any atom is 0.276 e. The number of H-pyrrole nitrogens is 1. The minimum absolute atomic E-state index is 0.195. The van der Waals surface area contributed by atoms with Gasteiger partial charge in [-0.25, -0.2) is 4.98 Å². The standard InChI is InChI=1S/C8H12N4O2/c9-7-6(8(13)11-5-10-7)12-1-3-14-4-2-12/h5H,1-4H2,(H3,9,10,11,13). The van der Waals surface area contributed by atoms with E-state index in [4.69, 9.17) is 10.5 Å². The quantitative estimate of drug-likeness (QED) is 0.613. The highest BCUT2D eigenvalue weighted by atomic mass is 16.5. The number of anilines is 2. The SMILES string of the molecule is Nc1nc[nH]c(=O)c1N1CCOCC1. The zero-order valence-corrected chi connectivity index (χ0v) is 7.69. The molecule has 3 N–H and O–H groups in total. The number of hydrogen-bond donors (Lipinski definition) is 2. The van der Waals surface area contributed by atoms with Gasteiger partial charge in [-0.2, -0.15) is 0 Å². The number of nitrogens with two attached hydrogens (primary N) is 1. The lowest BCUT2D eigenvalue weighted by Gasteiger charge is -2.28. The zero-order chi connectivity index (χ0) is 9.97. The van der Waals surface area contributed by atoms with Gasteiger partial charge in [-0.1, -0.05) is 0 Å². The van der Waals surface area contributed by atoms with Gasteiger partial charge in [0.2, 0.25) is 0 Å². The average Bonchev–Trinajstić information content (AvgIpc) is 2.19. The predicted octanol–water partition coefficient (Wildman–Crippen LogP) is -0.811. The van der Waals surface area contributed by atoms with Gasteiger partial charge in [0.25, 0.3) is 5.56 Å². The van der Waals surface area contributed by atoms with Crippen LogP contribution in [0.1, 0.15) is 0 Å². The van der Waals surface area contributed by atoms with E-state index in [-0.39, 0.29) is 11.4 Å². The van der Waals surface area contributed by atoms with Crippen LogP contribution in [0.4, 0.5) is 11.5 Å². The highest BCUT2D eigenvalue weighted by molar-refractivity contribution is 5.61. The molecule has 0 bridgehead atoms. The van der Waals surface area contributed by atoms with Crippen molar-refractivity contribution in [3.8, 4) is 0 Å². The van der Waals surface area contributed by atoms with E-state index in [1.807, 2.05) is 4.90 Å². The molecule has 14 heavy (non-hydrogen) atoms. The Balaban J connectivity index is 2.34. The second-order valence-corrected chi connectivity index (χ2v) is 3.06. The third-order valence-corrected chi connectivity index (χ3v) is 2.18. The second kappa shape index (κ2) is 3.67. The Hall–Kier alpha value is -1.56. The van der Waals surface area contributed by atoms with E-state index in [0.29, 0.717) is 32.0 Å². The molecule has 2 rings (SSSR count). The molecule has 1 fully saturated rings. The Labute approximate surface area is 80.7 Å². The molecular formula is C8H12N4O2. The lowest BCUT2D eigenvalue weighted by atomic mass is 10.3. The summed E-state index contributed by atoms with van der Waals surface area (Å²) in [6.07, 6.45) is 1.31. The van der Waals surface area contributed by atoms with Gasteiger partial charge in [-0.3, -0.25) is 4.79 Å². The molecule has 0 aromatic carbocycles. The average molecular weight is 196 g/mol. The normalized spacial score (nSPS) is 17.0. The Morgan fingerprint density at radius 3 is 2.86 bits per heavy atom. The Kier molecular flexibility index (Phi) is 2.36. The van der Waals surface area contributed by atoms with Crippen molar-refractivity contribution in [2.24, 2.45) is 0 Å². The lowest BCUT2D eigenvalue weighted by Crippen LogP contribution is -2.39. The molecule has 0 atom stereocenters. The van der Waals surface area contributed by atoms with E-state index >= 15 is 0 Å². The second-order valence-electron chi connectivity index (χ2n) is 3.06. The van der Waals surface area contributed by atoms with Crippen LogP contribution in [0.5, 0.6) is 0 Å². The van der Waals surface area contributed by atoms with Crippen molar-refractivity contribution >= 4 is 11.5 Å². The van der Waals surface area contributed by atoms with E-state index in [0.717, 1.165) is 0 Å². The monoisotopic (exact) mass is 196 g/mol. The van der Waals surface area contributed by atoms with E-state index in [9.17, 15) is 4.79 Å². The molecule has 76 valence electrons. The van der Waals surface area contributed by atoms with Crippen LogP contribution in [0.3, 0.4) is 0 Å². The first kappa shape index (κ1) is 9.01. The maximum atomic E-state index is 11.5. The largest absolute Gasteiger partial charge is 0.382 e. The Bertz CT molecular complexity index is 370. The molecule has 6 nitrogen and oxygen atoms in total. The van der Waals surface area contributed by atoms with Crippen molar-refractivity contribution in [1.29, 1.82) is 0 Å².